The fraction of sp³-hybridized carbons (Fsp3) is 0.833. The quantitative estimate of drug-likeness (QED) is 0.393. The number of aliphatic carboxylic acids is 1. The second kappa shape index (κ2) is 4.34. The third-order valence-corrected chi connectivity index (χ3v) is 1.04. The van der Waals surface area contributed by atoms with Crippen LogP contribution in [0.2, 0.25) is 0 Å². The molecule has 10 heavy (non-hydrogen) atoms. The molecule has 0 aromatic heterocycles. The van der Waals surface area contributed by atoms with Crippen molar-refractivity contribution in [2.45, 2.75) is 26.9 Å². The van der Waals surface area contributed by atoms with Gasteiger partial charge in [-0.1, -0.05) is 20.8 Å². The number of aliphatic hydroxyl groups is 1. The van der Waals surface area contributed by atoms with E-state index >= 15 is 0 Å². The van der Waals surface area contributed by atoms with Crippen LogP contribution in [0.1, 0.15) is 20.8 Å². The Bertz CT molecular complexity index is 117. The molecule has 0 saturated carbocycles. The summed E-state index contributed by atoms with van der Waals surface area (Å²) in [5.41, 5.74) is -0.626. The van der Waals surface area contributed by atoms with Crippen LogP contribution in [-0.2, 0) is 4.79 Å². The summed E-state index contributed by atoms with van der Waals surface area (Å²) >= 11 is 0. The summed E-state index contributed by atoms with van der Waals surface area (Å²) in [5.74, 6) is -1.41. The van der Waals surface area contributed by atoms with E-state index < -0.39 is 17.5 Å². The van der Waals surface area contributed by atoms with Gasteiger partial charge < -0.3 is 15.0 Å². The normalized spacial score (nSPS) is 13.6. The van der Waals surface area contributed by atoms with Gasteiger partial charge in [-0.15, -0.1) is 0 Å². The molecule has 1 atom stereocenters. The number of hydrogen-bond acceptors (Lipinski definition) is 3. The van der Waals surface area contributed by atoms with Crippen molar-refractivity contribution < 1.29 is 44.6 Å². The fourth-order valence-corrected chi connectivity index (χ4v) is 0.354. The Hall–Kier alpha value is 0.430. The molecule has 0 aliphatic rings. The molecule has 4 heteroatoms. The zero-order valence-electron chi connectivity index (χ0n) is 6.84. The molecule has 0 saturated heterocycles. The number of carbonyl (C=O) groups is 1. The smallest absolute Gasteiger partial charge is 0.547 e. The summed E-state index contributed by atoms with van der Waals surface area (Å²) in [6.07, 6.45) is -1.38. The number of rotatable bonds is 1. The van der Waals surface area contributed by atoms with Crippen LogP contribution >= 0.6 is 0 Å². The molecule has 1 N–H and O–H groups in total. The Balaban J connectivity index is 0. The first kappa shape index (κ1) is 13.1. The minimum absolute atomic E-state index is 0. The number of carboxylic acids is 1. The second-order valence-corrected chi connectivity index (χ2v) is 3.09. The molecule has 0 amide bonds. The van der Waals surface area contributed by atoms with Crippen molar-refractivity contribution in [1.29, 1.82) is 0 Å². The number of hydrogen-bond donors (Lipinski definition) is 1. The van der Waals surface area contributed by atoms with Gasteiger partial charge in [-0.25, -0.2) is 0 Å². The van der Waals surface area contributed by atoms with E-state index in [1.807, 2.05) is 0 Å². The maximum Gasteiger partial charge on any atom is 1.00 e. The fourth-order valence-electron chi connectivity index (χ4n) is 0.354. The molecule has 0 spiro atoms. The van der Waals surface area contributed by atoms with Crippen LogP contribution in [0.3, 0.4) is 0 Å². The molecule has 0 bridgehead atoms. The molecule has 1 unspecified atom stereocenters. The summed E-state index contributed by atoms with van der Waals surface area (Å²) in [7, 11) is 0. The molecule has 3 nitrogen and oxygen atoms in total. The van der Waals surface area contributed by atoms with E-state index in [2.05, 4.69) is 0 Å². The van der Waals surface area contributed by atoms with Crippen molar-refractivity contribution in [3.63, 3.8) is 0 Å². The minimum atomic E-state index is -1.41. The molecule has 0 aromatic rings. The topological polar surface area (TPSA) is 60.4 Å². The van der Waals surface area contributed by atoms with Crippen LogP contribution in [-0.4, -0.2) is 17.2 Å². The standard InChI is InChI=1S/C6H12O3.Na/c1-6(2,3)4(7)5(8)9;/h4,7H,1-3H3,(H,8,9);/q;+1/p-1. The average Bonchev–Trinajstić information content (AvgIpc) is 1.62. The Morgan fingerprint density at radius 1 is 1.50 bits per heavy atom. The summed E-state index contributed by atoms with van der Waals surface area (Å²) < 4.78 is 0. The Morgan fingerprint density at radius 2 is 1.80 bits per heavy atom. The van der Waals surface area contributed by atoms with Crippen LogP contribution in [0, 0.1) is 5.41 Å². The van der Waals surface area contributed by atoms with E-state index in [1.165, 1.54) is 0 Å². The van der Waals surface area contributed by atoms with Crippen molar-refractivity contribution in [1.82, 2.24) is 0 Å². The molecule has 54 valence electrons. The zero-order chi connectivity index (χ0) is 7.65. The van der Waals surface area contributed by atoms with Gasteiger partial charge in [0.1, 0.15) is 0 Å². The van der Waals surface area contributed by atoms with Crippen molar-refractivity contribution in [3.05, 3.63) is 0 Å². The van der Waals surface area contributed by atoms with Crippen LogP contribution in [0.4, 0.5) is 0 Å². The van der Waals surface area contributed by atoms with Gasteiger partial charge >= 0.3 is 29.6 Å². The third-order valence-electron chi connectivity index (χ3n) is 1.04. The zero-order valence-corrected chi connectivity index (χ0v) is 8.84. The SMILES string of the molecule is CC(C)(C)C(O)C(=O)[O-].[Na+]. The first-order chi connectivity index (χ1) is 3.85. The van der Waals surface area contributed by atoms with Gasteiger partial charge in [-0.3, -0.25) is 0 Å². The summed E-state index contributed by atoms with van der Waals surface area (Å²) in [4.78, 5) is 9.98. The van der Waals surface area contributed by atoms with E-state index in [4.69, 9.17) is 5.11 Å². The largest absolute Gasteiger partial charge is 1.00 e. The van der Waals surface area contributed by atoms with Gasteiger partial charge in [0.25, 0.3) is 0 Å². The average molecular weight is 154 g/mol. The Labute approximate surface area is 82.7 Å². The van der Waals surface area contributed by atoms with Gasteiger partial charge in [0.15, 0.2) is 0 Å². The van der Waals surface area contributed by atoms with Gasteiger partial charge in [-0.05, 0) is 5.41 Å². The van der Waals surface area contributed by atoms with Gasteiger partial charge in [0.2, 0.25) is 0 Å². The van der Waals surface area contributed by atoms with Crippen molar-refractivity contribution >= 4 is 5.97 Å². The molecule has 0 radical (unpaired) electrons. The summed E-state index contributed by atoms with van der Waals surface area (Å²) in [6.45, 7) is 4.90. The van der Waals surface area contributed by atoms with E-state index in [0.717, 1.165) is 0 Å². The number of carbonyl (C=O) groups excluding carboxylic acids is 1. The molecule has 0 fully saturated rings. The van der Waals surface area contributed by atoms with Crippen LogP contribution in [0.5, 0.6) is 0 Å². The van der Waals surface area contributed by atoms with Gasteiger partial charge in [-0.2, -0.15) is 0 Å². The van der Waals surface area contributed by atoms with Crippen LogP contribution < -0.4 is 34.7 Å². The second-order valence-electron chi connectivity index (χ2n) is 3.09. The van der Waals surface area contributed by atoms with E-state index in [0.29, 0.717) is 0 Å². The first-order valence-electron chi connectivity index (χ1n) is 2.74. The van der Waals surface area contributed by atoms with Crippen molar-refractivity contribution in [2.75, 3.05) is 0 Å². The summed E-state index contributed by atoms with van der Waals surface area (Å²) in [5, 5.41) is 18.8. The Kier molecular flexibility index (Phi) is 5.66. The van der Waals surface area contributed by atoms with Crippen molar-refractivity contribution in [2.24, 2.45) is 5.41 Å². The van der Waals surface area contributed by atoms with Gasteiger partial charge in [0, 0.05) is 0 Å². The molecule has 0 aliphatic heterocycles. The molecule has 0 aliphatic carbocycles. The monoisotopic (exact) mass is 154 g/mol. The van der Waals surface area contributed by atoms with E-state index in [9.17, 15) is 9.90 Å². The molecule has 0 heterocycles. The molecule has 0 aromatic carbocycles. The predicted octanol–water partition coefficient (Wildman–Crippen LogP) is -3.85. The third kappa shape index (κ3) is 4.28. The van der Waals surface area contributed by atoms with E-state index in [1.54, 1.807) is 20.8 Å². The minimum Gasteiger partial charge on any atom is -0.547 e. The maximum atomic E-state index is 9.98. The molecular formula is C6H11NaO3. The number of carboxylic acid groups (broad SMARTS) is 1. The Morgan fingerprint density at radius 3 is 1.80 bits per heavy atom. The first-order valence-corrected chi connectivity index (χ1v) is 2.74. The maximum absolute atomic E-state index is 9.98. The number of aliphatic hydroxyl groups excluding tert-OH is 1. The predicted molar refractivity (Wildman–Crippen MR) is 30.5 cm³/mol. The van der Waals surface area contributed by atoms with Crippen LogP contribution in [0.15, 0.2) is 0 Å². The van der Waals surface area contributed by atoms with Gasteiger partial charge in [0.05, 0.1) is 12.1 Å². The van der Waals surface area contributed by atoms with Crippen LogP contribution in [0.25, 0.3) is 0 Å². The molecule has 0 rings (SSSR count). The van der Waals surface area contributed by atoms with E-state index in [-0.39, 0.29) is 29.6 Å². The molecular weight excluding hydrogens is 143 g/mol. The summed E-state index contributed by atoms with van der Waals surface area (Å²) in [6, 6.07) is 0. The van der Waals surface area contributed by atoms with Crippen molar-refractivity contribution in [3.8, 4) is 0 Å².